The summed E-state index contributed by atoms with van der Waals surface area (Å²) in [4.78, 5) is 25.8. The maximum Gasteiger partial charge on any atom is 0.237 e. The van der Waals surface area contributed by atoms with E-state index in [9.17, 15) is 9.59 Å². The zero-order valence-electron chi connectivity index (χ0n) is 17.7. The Morgan fingerprint density at radius 2 is 1.41 bits per heavy atom. The number of hydrogen-bond acceptors (Lipinski definition) is 3. The zero-order valence-corrected chi connectivity index (χ0v) is 18.6. The molecule has 0 aliphatic carbocycles. The molecule has 0 aliphatic rings. The molecule has 160 valence electrons. The van der Waals surface area contributed by atoms with E-state index in [-0.39, 0.29) is 17.1 Å². The number of hydrogen-bond donors (Lipinski definition) is 2. The van der Waals surface area contributed by atoms with Gasteiger partial charge in [-0.25, -0.2) is 0 Å². The number of nitrogens with one attached hydrogen (secondary N) is 2. The molecule has 0 heterocycles. The summed E-state index contributed by atoms with van der Waals surface area (Å²) < 4.78 is 0. The third kappa shape index (κ3) is 5.77. The van der Waals surface area contributed by atoms with Gasteiger partial charge in [0.15, 0.2) is 0 Å². The van der Waals surface area contributed by atoms with E-state index in [1.165, 1.54) is 11.8 Å². The number of thioether (sulfide) groups is 1. The number of carbonyl (C=O) groups is 2. The number of carbonyl (C=O) groups excluding carboxylic acids is 2. The Bertz CT molecular complexity index is 1220. The molecule has 2 amide bonds. The standard InChI is InChI=1S/C27H24N2O2S/c1-19(27(31)29-24-12-11-21-9-5-6-10-22(21)18-24)32-25-15-13-23(14-16-25)28-26(30)17-20-7-3-2-4-8-20/h2-16,18-19H,17H2,1H3,(H,28,30)(H,29,31). The Morgan fingerprint density at radius 3 is 2.16 bits per heavy atom. The molecule has 0 aliphatic heterocycles. The second kappa shape index (κ2) is 10.2. The monoisotopic (exact) mass is 440 g/mol. The molecular weight excluding hydrogens is 416 g/mol. The largest absolute Gasteiger partial charge is 0.326 e. The first kappa shape index (κ1) is 21.7. The molecule has 0 saturated heterocycles. The van der Waals surface area contributed by atoms with Crippen LogP contribution in [0.2, 0.25) is 0 Å². The summed E-state index contributed by atoms with van der Waals surface area (Å²) in [6.45, 7) is 1.89. The second-order valence-corrected chi connectivity index (χ2v) is 8.96. The molecule has 0 saturated carbocycles. The molecule has 1 unspecified atom stereocenters. The van der Waals surface area contributed by atoms with Gasteiger partial charge in [0.1, 0.15) is 0 Å². The lowest BCUT2D eigenvalue weighted by Crippen LogP contribution is -2.22. The first-order valence-corrected chi connectivity index (χ1v) is 11.3. The minimum absolute atomic E-state index is 0.0504. The number of amides is 2. The Balaban J connectivity index is 1.31. The second-order valence-electron chi connectivity index (χ2n) is 7.55. The molecule has 0 bridgehead atoms. The summed E-state index contributed by atoms with van der Waals surface area (Å²) in [5, 5.41) is 7.88. The highest BCUT2D eigenvalue weighted by Crippen LogP contribution is 2.26. The molecule has 4 rings (SSSR count). The molecule has 4 nitrogen and oxygen atoms in total. The van der Waals surface area contributed by atoms with Crippen molar-refractivity contribution in [3.8, 4) is 0 Å². The van der Waals surface area contributed by atoms with Gasteiger partial charge < -0.3 is 10.6 Å². The summed E-state index contributed by atoms with van der Waals surface area (Å²) in [5.41, 5.74) is 2.50. The molecule has 2 N–H and O–H groups in total. The van der Waals surface area contributed by atoms with Gasteiger partial charge in [-0.1, -0.05) is 60.7 Å². The molecular formula is C27H24N2O2S. The smallest absolute Gasteiger partial charge is 0.237 e. The van der Waals surface area contributed by atoms with E-state index in [0.717, 1.165) is 32.6 Å². The van der Waals surface area contributed by atoms with E-state index in [1.807, 2.05) is 104 Å². The van der Waals surface area contributed by atoms with Crippen LogP contribution in [-0.4, -0.2) is 17.1 Å². The molecule has 5 heteroatoms. The van der Waals surface area contributed by atoms with E-state index in [2.05, 4.69) is 10.6 Å². The van der Waals surface area contributed by atoms with Gasteiger partial charge in [-0.05, 0) is 59.7 Å². The van der Waals surface area contributed by atoms with Gasteiger partial charge >= 0.3 is 0 Å². The van der Waals surface area contributed by atoms with Crippen molar-refractivity contribution in [2.45, 2.75) is 23.5 Å². The summed E-state index contributed by atoms with van der Waals surface area (Å²) in [7, 11) is 0. The van der Waals surface area contributed by atoms with Gasteiger partial charge in [0.05, 0.1) is 11.7 Å². The van der Waals surface area contributed by atoms with Crippen molar-refractivity contribution in [3.63, 3.8) is 0 Å². The van der Waals surface area contributed by atoms with Crippen LogP contribution in [0.4, 0.5) is 11.4 Å². The van der Waals surface area contributed by atoms with Crippen molar-refractivity contribution in [1.29, 1.82) is 0 Å². The van der Waals surface area contributed by atoms with Crippen LogP contribution in [-0.2, 0) is 16.0 Å². The molecule has 0 fully saturated rings. The van der Waals surface area contributed by atoms with Crippen LogP contribution in [0.3, 0.4) is 0 Å². The van der Waals surface area contributed by atoms with Crippen molar-refractivity contribution in [1.82, 2.24) is 0 Å². The lowest BCUT2D eigenvalue weighted by atomic mass is 10.1. The van der Waals surface area contributed by atoms with Crippen molar-refractivity contribution in [2.75, 3.05) is 10.6 Å². The quantitative estimate of drug-likeness (QED) is 0.339. The predicted molar refractivity (Wildman–Crippen MR) is 133 cm³/mol. The maximum absolute atomic E-state index is 12.6. The van der Waals surface area contributed by atoms with Crippen LogP contribution < -0.4 is 10.6 Å². The SMILES string of the molecule is CC(Sc1ccc(NC(=O)Cc2ccccc2)cc1)C(=O)Nc1ccc2ccccc2c1. The highest BCUT2D eigenvalue weighted by Gasteiger charge is 2.15. The lowest BCUT2D eigenvalue weighted by Gasteiger charge is -2.13. The van der Waals surface area contributed by atoms with Crippen LogP contribution >= 0.6 is 11.8 Å². The average molecular weight is 441 g/mol. The predicted octanol–water partition coefficient (Wildman–Crippen LogP) is 6.14. The summed E-state index contributed by atoms with van der Waals surface area (Å²) in [6.07, 6.45) is 0.337. The minimum Gasteiger partial charge on any atom is -0.326 e. The van der Waals surface area contributed by atoms with Gasteiger partial charge in [0, 0.05) is 16.3 Å². The molecule has 0 aromatic heterocycles. The van der Waals surface area contributed by atoms with Crippen LogP contribution in [0.25, 0.3) is 10.8 Å². The molecule has 0 radical (unpaired) electrons. The van der Waals surface area contributed by atoms with Crippen molar-refractivity contribution < 1.29 is 9.59 Å². The van der Waals surface area contributed by atoms with Crippen LogP contribution in [0.5, 0.6) is 0 Å². The van der Waals surface area contributed by atoms with Gasteiger partial charge in [0.2, 0.25) is 11.8 Å². The van der Waals surface area contributed by atoms with Crippen molar-refractivity contribution in [2.24, 2.45) is 0 Å². The number of rotatable bonds is 7. The normalized spacial score (nSPS) is 11.7. The van der Waals surface area contributed by atoms with Crippen molar-refractivity contribution in [3.05, 3.63) is 103 Å². The van der Waals surface area contributed by atoms with E-state index < -0.39 is 0 Å². The van der Waals surface area contributed by atoms with E-state index in [1.54, 1.807) is 0 Å². The minimum atomic E-state index is -0.264. The van der Waals surface area contributed by atoms with Gasteiger partial charge in [-0.2, -0.15) is 0 Å². The summed E-state index contributed by atoms with van der Waals surface area (Å²) in [5.74, 6) is -0.106. The Kier molecular flexibility index (Phi) is 6.87. The van der Waals surface area contributed by atoms with E-state index >= 15 is 0 Å². The molecule has 0 spiro atoms. The molecule has 32 heavy (non-hydrogen) atoms. The van der Waals surface area contributed by atoms with E-state index in [0.29, 0.717) is 6.42 Å². The zero-order chi connectivity index (χ0) is 22.3. The third-order valence-corrected chi connectivity index (χ3v) is 6.16. The number of fused-ring (bicyclic) bond motifs is 1. The topological polar surface area (TPSA) is 58.2 Å². The summed E-state index contributed by atoms with van der Waals surface area (Å²) >= 11 is 1.48. The van der Waals surface area contributed by atoms with Gasteiger partial charge in [-0.3, -0.25) is 9.59 Å². The number of benzene rings is 4. The lowest BCUT2D eigenvalue weighted by molar-refractivity contribution is -0.116. The van der Waals surface area contributed by atoms with Crippen molar-refractivity contribution >= 4 is 45.7 Å². The Hall–Kier alpha value is -3.57. The Morgan fingerprint density at radius 1 is 0.750 bits per heavy atom. The van der Waals surface area contributed by atoms with Crippen LogP contribution in [0.1, 0.15) is 12.5 Å². The Labute approximate surface area is 192 Å². The third-order valence-electron chi connectivity index (χ3n) is 5.04. The molecule has 4 aromatic rings. The maximum atomic E-state index is 12.6. The first-order valence-electron chi connectivity index (χ1n) is 10.5. The number of anilines is 2. The highest BCUT2D eigenvalue weighted by molar-refractivity contribution is 8.00. The fourth-order valence-electron chi connectivity index (χ4n) is 3.37. The molecule has 1 atom stereocenters. The van der Waals surface area contributed by atoms with Crippen LogP contribution in [0, 0.1) is 0 Å². The van der Waals surface area contributed by atoms with Crippen LogP contribution in [0.15, 0.2) is 102 Å². The van der Waals surface area contributed by atoms with E-state index in [4.69, 9.17) is 0 Å². The average Bonchev–Trinajstić information content (AvgIpc) is 2.81. The molecule has 4 aromatic carbocycles. The van der Waals surface area contributed by atoms with Gasteiger partial charge in [0.25, 0.3) is 0 Å². The van der Waals surface area contributed by atoms with Gasteiger partial charge in [-0.15, -0.1) is 11.8 Å². The fourth-order valence-corrected chi connectivity index (χ4v) is 4.24. The fraction of sp³-hybridized carbons (Fsp3) is 0.111. The summed E-state index contributed by atoms with van der Waals surface area (Å²) in [6, 6.07) is 31.2. The highest BCUT2D eigenvalue weighted by atomic mass is 32.2. The first-order chi connectivity index (χ1) is 15.6.